The Morgan fingerprint density at radius 3 is 1.45 bits per heavy atom. The zero-order valence-corrected chi connectivity index (χ0v) is 14.0. The second-order valence-electron chi connectivity index (χ2n) is 6.01. The summed E-state index contributed by atoms with van der Waals surface area (Å²) in [6.45, 7) is 13.6. The number of aliphatic hydroxyl groups excluding tert-OH is 2. The third kappa shape index (κ3) is 11.6. The summed E-state index contributed by atoms with van der Waals surface area (Å²) < 4.78 is 0. The third-order valence-electron chi connectivity index (χ3n) is 3.43. The zero-order valence-electron chi connectivity index (χ0n) is 14.0. The fraction of sp³-hybridized carbons (Fsp3) is 1.00. The van der Waals surface area contributed by atoms with Crippen molar-refractivity contribution in [3.05, 3.63) is 0 Å². The molecule has 0 rings (SSSR count). The highest BCUT2D eigenvalue weighted by atomic mass is 16.3. The van der Waals surface area contributed by atoms with Gasteiger partial charge in [0.15, 0.2) is 0 Å². The van der Waals surface area contributed by atoms with E-state index in [0.29, 0.717) is 13.1 Å². The Balaban J connectivity index is 4.20. The van der Waals surface area contributed by atoms with Crippen LogP contribution in [-0.4, -0.2) is 71.5 Å². The molecule has 122 valence electrons. The fourth-order valence-electron chi connectivity index (χ4n) is 2.39. The average molecular weight is 288 g/mol. The summed E-state index contributed by atoms with van der Waals surface area (Å²) >= 11 is 0. The van der Waals surface area contributed by atoms with E-state index in [1.54, 1.807) is 13.8 Å². The van der Waals surface area contributed by atoms with Crippen LogP contribution in [0.4, 0.5) is 0 Å². The van der Waals surface area contributed by atoms with E-state index < -0.39 is 0 Å². The maximum absolute atomic E-state index is 9.55. The van der Waals surface area contributed by atoms with E-state index in [1.165, 1.54) is 25.7 Å². The molecule has 0 aromatic heterocycles. The maximum atomic E-state index is 9.55. The smallest absolute Gasteiger partial charge is 0.0639 e. The molecule has 0 bridgehead atoms. The topological polar surface area (TPSA) is 46.9 Å². The van der Waals surface area contributed by atoms with Gasteiger partial charge in [0, 0.05) is 26.2 Å². The Bertz CT molecular complexity index is 193. The van der Waals surface area contributed by atoms with Gasteiger partial charge in [0.2, 0.25) is 0 Å². The van der Waals surface area contributed by atoms with Gasteiger partial charge in [-0.25, -0.2) is 0 Å². The number of hydrogen-bond acceptors (Lipinski definition) is 4. The summed E-state index contributed by atoms with van der Waals surface area (Å²) in [6.07, 6.45) is 4.27. The molecule has 0 saturated heterocycles. The molecule has 4 nitrogen and oxygen atoms in total. The van der Waals surface area contributed by atoms with E-state index in [4.69, 9.17) is 0 Å². The van der Waals surface area contributed by atoms with E-state index in [9.17, 15) is 10.2 Å². The molecule has 0 radical (unpaired) electrons. The second kappa shape index (κ2) is 12.6. The summed E-state index contributed by atoms with van der Waals surface area (Å²) in [7, 11) is 0. The first kappa shape index (κ1) is 19.8. The number of hydrogen-bond donors (Lipinski definition) is 2. The molecule has 2 atom stereocenters. The van der Waals surface area contributed by atoms with Gasteiger partial charge in [-0.3, -0.25) is 4.90 Å². The maximum Gasteiger partial charge on any atom is 0.0639 e. The minimum Gasteiger partial charge on any atom is -0.392 e. The number of nitrogens with zero attached hydrogens (tertiary/aromatic N) is 2. The lowest BCUT2D eigenvalue weighted by Crippen LogP contribution is -2.42. The Morgan fingerprint density at radius 1 is 0.700 bits per heavy atom. The van der Waals surface area contributed by atoms with Gasteiger partial charge in [0.1, 0.15) is 0 Å². The van der Waals surface area contributed by atoms with Crippen LogP contribution in [0.1, 0.15) is 53.4 Å². The lowest BCUT2D eigenvalue weighted by molar-refractivity contribution is 0.0758. The van der Waals surface area contributed by atoms with Crippen LogP contribution in [0.25, 0.3) is 0 Å². The number of aliphatic hydroxyl groups is 2. The van der Waals surface area contributed by atoms with E-state index in [2.05, 4.69) is 23.6 Å². The van der Waals surface area contributed by atoms with Crippen molar-refractivity contribution in [3.8, 4) is 0 Å². The van der Waals surface area contributed by atoms with Crippen molar-refractivity contribution >= 4 is 0 Å². The molecule has 0 aromatic carbocycles. The van der Waals surface area contributed by atoms with Crippen molar-refractivity contribution in [1.82, 2.24) is 9.80 Å². The van der Waals surface area contributed by atoms with E-state index >= 15 is 0 Å². The lowest BCUT2D eigenvalue weighted by Gasteiger charge is -2.29. The summed E-state index contributed by atoms with van der Waals surface area (Å²) in [5, 5.41) is 19.1. The van der Waals surface area contributed by atoms with Crippen LogP contribution in [0, 0.1) is 0 Å². The van der Waals surface area contributed by atoms with Crippen molar-refractivity contribution in [2.45, 2.75) is 65.6 Å². The van der Waals surface area contributed by atoms with Gasteiger partial charge in [-0.2, -0.15) is 0 Å². The molecule has 0 aromatic rings. The quantitative estimate of drug-likeness (QED) is 0.544. The Hall–Kier alpha value is -0.160. The zero-order chi connectivity index (χ0) is 15.4. The molecule has 0 aliphatic rings. The van der Waals surface area contributed by atoms with Crippen LogP contribution in [0.2, 0.25) is 0 Å². The molecule has 0 fully saturated rings. The first-order valence-corrected chi connectivity index (χ1v) is 8.30. The number of rotatable bonds is 13. The van der Waals surface area contributed by atoms with Gasteiger partial charge < -0.3 is 15.1 Å². The standard InChI is InChI=1S/C16H36N2O2/c1-5-7-9-17(10-8-6-2)11-12-18(13-15(3)19)14-16(4)20/h15-16,19-20H,5-14H2,1-4H3. The molecule has 2 N–H and O–H groups in total. The molecule has 0 spiro atoms. The SMILES string of the molecule is CCCCN(CCCC)CCN(CC(C)O)CC(C)O. The Kier molecular flexibility index (Phi) is 12.5. The average Bonchev–Trinajstić information content (AvgIpc) is 2.36. The summed E-state index contributed by atoms with van der Waals surface area (Å²) in [5.41, 5.74) is 0. The fourth-order valence-corrected chi connectivity index (χ4v) is 2.39. The summed E-state index contributed by atoms with van der Waals surface area (Å²) in [5.74, 6) is 0. The van der Waals surface area contributed by atoms with Crippen molar-refractivity contribution in [2.75, 3.05) is 39.3 Å². The van der Waals surface area contributed by atoms with Gasteiger partial charge in [-0.1, -0.05) is 26.7 Å². The highest BCUT2D eigenvalue weighted by molar-refractivity contribution is 4.68. The van der Waals surface area contributed by atoms with Gasteiger partial charge in [0.05, 0.1) is 12.2 Å². The molecule has 2 unspecified atom stereocenters. The predicted octanol–water partition coefficient (Wildman–Crippen LogP) is 1.95. The van der Waals surface area contributed by atoms with Gasteiger partial charge in [0.25, 0.3) is 0 Å². The summed E-state index contributed by atoms with van der Waals surface area (Å²) in [6, 6.07) is 0. The minimum absolute atomic E-state index is 0.339. The Labute approximate surface area is 125 Å². The van der Waals surface area contributed by atoms with E-state index in [0.717, 1.165) is 26.2 Å². The van der Waals surface area contributed by atoms with Crippen molar-refractivity contribution in [2.24, 2.45) is 0 Å². The van der Waals surface area contributed by atoms with Crippen molar-refractivity contribution in [1.29, 1.82) is 0 Å². The molecular weight excluding hydrogens is 252 g/mol. The van der Waals surface area contributed by atoms with Crippen LogP contribution in [-0.2, 0) is 0 Å². The number of unbranched alkanes of at least 4 members (excludes halogenated alkanes) is 2. The highest BCUT2D eigenvalue weighted by Crippen LogP contribution is 2.02. The van der Waals surface area contributed by atoms with E-state index in [1.807, 2.05) is 0 Å². The molecule has 4 heteroatoms. The second-order valence-corrected chi connectivity index (χ2v) is 6.01. The monoisotopic (exact) mass is 288 g/mol. The third-order valence-corrected chi connectivity index (χ3v) is 3.43. The predicted molar refractivity (Wildman–Crippen MR) is 86.1 cm³/mol. The first-order valence-electron chi connectivity index (χ1n) is 8.30. The van der Waals surface area contributed by atoms with Crippen LogP contribution in [0.5, 0.6) is 0 Å². The van der Waals surface area contributed by atoms with Crippen molar-refractivity contribution < 1.29 is 10.2 Å². The molecule has 0 aliphatic carbocycles. The van der Waals surface area contributed by atoms with Crippen LogP contribution >= 0.6 is 0 Å². The molecule has 0 aliphatic heterocycles. The Morgan fingerprint density at radius 2 is 1.10 bits per heavy atom. The molecule has 20 heavy (non-hydrogen) atoms. The van der Waals surface area contributed by atoms with E-state index in [-0.39, 0.29) is 12.2 Å². The summed E-state index contributed by atoms with van der Waals surface area (Å²) in [4.78, 5) is 4.68. The van der Waals surface area contributed by atoms with Crippen LogP contribution in [0.3, 0.4) is 0 Å². The van der Waals surface area contributed by atoms with Gasteiger partial charge >= 0.3 is 0 Å². The van der Waals surface area contributed by atoms with Crippen LogP contribution in [0.15, 0.2) is 0 Å². The molecule has 0 amide bonds. The normalized spacial score (nSPS) is 15.0. The van der Waals surface area contributed by atoms with Crippen molar-refractivity contribution in [3.63, 3.8) is 0 Å². The lowest BCUT2D eigenvalue weighted by atomic mass is 10.2. The minimum atomic E-state index is -0.339. The molecule has 0 heterocycles. The van der Waals surface area contributed by atoms with Gasteiger partial charge in [-0.15, -0.1) is 0 Å². The molecule has 0 saturated carbocycles. The van der Waals surface area contributed by atoms with Gasteiger partial charge in [-0.05, 0) is 39.8 Å². The first-order chi connectivity index (χ1) is 9.49. The largest absolute Gasteiger partial charge is 0.392 e. The highest BCUT2D eigenvalue weighted by Gasteiger charge is 2.13. The van der Waals surface area contributed by atoms with Crippen LogP contribution < -0.4 is 0 Å². The molecular formula is C16H36N2O2.